The molecule has 1 aromatic carbocycles. The predicted octanol–water partition coefficient (Wildman–Crippen LogP) is 4.77. The fraction of sp³-hybridized carbons (Fsp3) is 0.429. The van der Waals surface area contributed by atoms with Crippen molar-refractivity contribution in [2.75, 3.05) is 0 Å². The van der Waals surface area contributed by atoms with Crippen LogP contribution in [0.2, 0.25) is 10.0 Å². The van der Waals surface area contributed by atoms with Crippen LogP contribution in [0.15, 0.2) is 12.1 Å². The highest BCUT2D eigenvalue weighted by atomic mass is 35.5. The highest BCUT2D eigenvalue weighted by Crippen LogP contribution is 2.30. The van der Waals surface area contributed by atoms with E-state index in [0.29, 0.717) is 22.4 Å². The Bertz CT molecular complexity index is 638. The number of aromatic nitrogens is 2. The third-order valence-electron chi connectivity index (χ3n) is 3.01. The SMILES string of the molecule is CC(C)c1nc2cc(Cl)c(Cl)cc2n1CCCC#N. The van der Waals surface area contributed by atoms with Gasteiger partial charge in [-0.3, -0.25) is 0 Å². The minimum Gasteiger partial charge on any atom is -0.328 e. The van der Waals surface area contributed by atoms with Gasteiger partial charge < -0.3 is 4.57 Å². The Hall–Kier alpha value is -1.24. The standard InChI is InChI=1S/C14H15Cl2N3/c1-9(2)14-18-12-7-10(15)11(16)8-13(12)19(14)6-4-3-5-17/h7-9H,3-4,6H2,1-2H3. The van der Waals surface area contributed by atoms with E-state index >= 15 is 0 Å². The van der Waals surface area contributed by atoms with Gasteiger partial charge in [-0.05, 0) is 18.6 Å². The average molecular weight is 296 g/mol. The van der Waals surface area contributed by atoms with E-state index in [4.69, 9.17) is 28.5 Å². The van der Waals surface area contributed by atoms with Crippen LogP contribution < -0.4 is 0 Å². The summed E-state index contributed by atoms with van der Waals surface area (Å²) in [5.74, 6) is 1.32. The summed E-state index contributed by atoms with van der Waals surface area (Å²) in [7, 11) is 0. The van der Waals surface area contributed by atoms with Crippen molar-refractivity contribution < 1.29 is 0 Å². The minimum atomic E-state index is 0.312. The second kappa shape index (κ2) is 5.81. The number of imidazole rings is 1. The van der Waals surface area contributed by atoms with Crippen LogP contribution >= 0.6 is 23.2 Å². The van der Waals surface area contributed by atoms with Crippen molar-refractivity contribution in [1.29, 1.82) is 5.26 Å². The van der Waals surface area contributed by atoms with Crippen molar-refractivity contribution in [3.05, 3.63) is 28.0 Å². The number of hydrogen-bond acceptors (Lipinski definition) is 2. The van der Waals surface area contributed by atoms with Crippen molar-refractivity contribution in [3.63, 3.8) is 0 Å². The quantitative estimate of drug-likeness (QED) is 0.762. The molecule has 0 saturated carbocycles. The molecule has 3 nitrogen and oxygen atoms in total. The van der Waals surface area contributed by atoms with Crippen molar-refractivity contribution >= 4 is 34.2 Å². The van der Waals surface area contributed by atoms with E-state index in [9.17, 15) is 0 Å². The first-order chi connectivity index (χ1) is 9.04. The summed E-state index contributed by atoms with van der Waals surface area (Å²) >= 11 is 12.1. The van der Waals surface area contributed by atoms with Gasteiger partial charge in [-0.1, -0.05) is 37.0 Å². The number of benzene rings is 1. The summed E-state index contributed by atoms with van der Waals surface area (Å²) in [6, 6.07) is 5.82. The molecule has 0 unspecified atom stereocenters. The summed E-state index contributed by atoms with van der Waals surface area (Å²) in [4.78, 5) is 4.63. The smallest absolute Gasteiger partial charge is 0.112 e. The minimum absolute atomic E-state index is 0.312. The van der Waals surface area contributed by atoms with Gasteiger partial charge in [0.15, 0.2) is 0 Å². The molecule has 5 heteroatoms. The summed E-state index contributed by atoms with van der Waals surface area (Å²) in [5, 5.41) is 9.71. The molecule has 0 aliphatic heterocycles. The second-order valence-corrected chi connectivity index (χ2v) is 5.61. The van der Waals surface area contributed by atoms with Gasteiger partial charge >= 0.3 is 0 Å². The Kier molecular flexibility index (Phi) is 4.34. The van der Waals surface area contributed by atoms with Gasteiger partial charge in [-0.25, -0.2) is 4.98 Å². The molecule has 0 amide bonds. The Labute approximate surface area is 122 Å². The summed E-state index contributed by atoms with van der Waals surface area (Å²) in [5.41, 5.74) is 1.84. The van der Waals surface area contributed by atoms with Crippen molar-refractivity contribution in [2.45, 2.75) is 39.2 Å². The summed E-state index contributed by atoms with van der Waals surface area (Å²) in [6.45, 7) is 4.98. The molecule has 19 heavy (non-hydrogen) atoms. The number of nitrogens with zero attached hydrogens (tertiary/aromatic N) is 3. The molecule has 0 saturated heterocycles. The normalized spacial score (nSPS) is 11.2. The number of nitriles is 1. The maximum atomic E-state index is 8.65. The van der Waals surface area contributed by atoms with Crippen LogP contribution in [0.1, 0.15) is 38.4 Å². The van der Waals surface area contributed by atoms with E-state index in [0.717, 1.165) is 29.8 Å². The molecule has 0 aliphatic carbocycles. The van der Waals surface area contributed by atoms with Crippen LogP contribution in [-0.2, 0) is 6.54 Å². The Morgan fingerprint density at radius 3 is 2.63 bits per heavy atom. The lowest BCUT2D eigenvalue weighted by atomic mass is 10.2. The molecule has 0 aliphatic rings. The van der Waals surface area contributed by atoms with Crippen molar-refractivity contribution in [3.8, 4) is 6.07 Å². The molecule has 2 aromatic rings. The van der Waals surface area contributed by atoms with Gasteiger partial charge in [0.25, 0.3) is 0 Å². The lowest BCUT2D eigenvalue weighted by molar-refractivity contribution is 0.609. The maximum absolute atomic E-state index is 8.65. The van der Waals surface area contributed by atoms with Gasteiger partial charge in [-0.2, -0.15) is 5.26 Å². The molecule has 0 radical (unpaired) electrons. The van der Waals surface area contributed by atoms with Crippen LogP contribution in [0.25, 0.3) is 11.0 Å². The summed E-state index contributed by atoms with van der Waals surface area (Å²) < 4.78 is 2.14. The molecular formula is C14H15Cl2N3. The maximum Gasteiger partial charge on any atom is 0.112 e. The lowest BCUT2D eigenvalue weighted by Gasteiger charge is -2.10. The van der Waals surface area contributed by atoms with E-state index in [-0.39, 0.29) is 0 Å². The molecule has 0 spiro atoms. The Morgan fingerprint density at radius 2 is 2.00 bits per heavy atom. The molecule has 0 bridgehead atoms. The fourth-order valence-corrected chi connectivity index (χ4v) is 2.45. The monoisotopic (exact) mass is 295 g/mol. The number of unbranched alkanes of at least 4 members (excludes halogenated alkanes) is 1. The number of halogens is 2. The van der Waals surface area contributed by atoms with Crippen LogP contribution in [-0.4, -0.2) is 9.55 Å². The third kappa shape index (κ3) is 2.86. The number of rotatable bonds is 4. The third-order valence-corrected chi connectivity index (χ3v) is 3.73. The Morgan fingerprint density at radius 1 is 1.32 bits per heavy atom. The first kappa shape index (κ1) is 14.2. The fourth-order valence-electron chi connectivity index (χ4n) is 2.13. The van der Waals surface area contributed by atoms with Gasteiger partial charge in [0.2, 0.25) is 0 Å². The molecule has 100 valence electrons. The van der Waals surface area contributed by atoms with Crippen LogP contribution in [0.5, 0.6) is 0 Å². The number of aryl methyl sites for hydroxylation is 1. The topological polar surface area (TPSA) is 41.6 Å². The van der Waals surface area contributed by atoms with E-state index in [2.05, 4.69) is 29.5 Å². The molecule has 0 fully saturated rings. The van der Waals surface area contributed by atoms with E-state index in [1.807, 2.05) is 6.07 Å². The van der Waals surface area contributed by atoms with Gasteiger partial charge in [0.1, 0.15) is 5.82 Å². The van der Waals surface area contributed by atoms with E-state index in [1.54, 1.807) is 6.07 Å². The molecular weight excluding hydrogens is 281 g/mol. The average Bonchev–Trinajstić information content (AvgIpc) is 2.69. The van der Waals surface area contributed by atoms with Crippen LogP contribution in [0.3, 0.4) is 0 Å². The Balaban J connectivity index is 2.53. The lowest BCUT2D eigenvalue weighted by Crippen LogP contribution is -2.05. The highest BCUT2D eigenvalue weighted by molar-refractivity contribution is 6.42. The first-order valence-corrected chi connectivity index (χ1v) is 7.02. The van der Waals surface area contributed by atoms with Crippen molar-refractivity contribution in [1.82, 2.24) is 9.55 Å². The van der Waals surface area contributed by atoms with Gasteiger partial charge in [0, 0.05) is 18.9 Å². The van der Waals surface area contributed by atoms with Crippen molar-refractivity contribution in [2.24, 2.45) is 0 Å². The van der Waals surface area contributed by atoms with E-state index in [1.165, 1.54) is 0 Å². The van der Waals surface area contributed by atoms with Crippen LogP contribution in [0.4, 0.5) is 0 Å². The largest absolute Gasteiger partial charge is 0.328 e. The highest BCUT2D eigenvalue weighted by Gasteiger charge is 2.15. The van der Waals surface area contributed by atoms with E-state index < -0.39 is 0 Å². The molecule has 1 aromatic heterocycles. The molecule has 0 atom stereocenters. The predicted molar refractivity (Wildman–Crippen MR) is 78.7 cm³/mol. The zero-order valence-electron chi connectivity index (χ0n) is 11.0. The number of hydrogen-bond donors (Lipinski definition) is 0. The second-order valence-electron chi connectivity index (χ2n) is 4.79. The molecule has 0 N–H and O–H groups in total. The zero-order valence-corrected chi connectivity index (χ0v) is 12.5. The number of fused-ring (bicyclic) bond motifs is 1. The van der Waals surface area contributed by atoms with Crippen LogP contribution in [0, 0.1) is 11.3 Å². The first-order valence-electron chi connectivity index (χ1n) is 6.26. The summed E-state index contributed by atoms with van der Waals surface area (Å²) in [6.07, 6.45) is 1.35. The molecule has 1 heterocycles. The molecule has 2 rings (SSSR count). The van der Waals surface area contributed by atoms with Gasteiger partial charge in [0.05, 0.1) is 27.1 Å². The zero-order chi connectivity index (χ0) is 14.0. The van der Waals surface area contributed by atoms with Gasteiger partial charge in [-0.15, -0.1) is 0 Å².